The van der Waals surface area contributed by atoms with E-state index in [9.17, 15) is 0 Å². The Balaban J connectivity index is 2.11. The minimum atomic E-state index is 0.661. The van der Waals surface area contributed by atoms with Gasteiger partial charge in [-0.3, -0.25) is 0 Å². The van der Waals surface area contributed by atoms with Gasteiger partial charge in [-0.2, -0.15) is 0 Å². The van der Waals surface area contributed by atoms with Gasteiger partial charge in [-0.1, -0.05) is 18.6 Å². The van der Waals surface area contributed by atoms with E-state index in [0.717, 1.165) is 11.8 Å². The Bertz CT molecular complexity index is 172. The lowest BCUT2D eigenvalue weighted by atomic mass is 9.91. The van der Waals surface area contributed by atoms with Crippen LogP contribution in [0.3, 0.4) is 0 Å². The van der Waals surface area contributed by atoms with Crippen LogP contribution >= 0.6 is 0 Å². The Labute approximate surface area is 62.5 Å². The fraction of sp³-hybridized carbons (Fsp3) is 0.778. The molecule has 0 bridgehead atoms. The zero-order valence-electron chi connectivity index (χ0n) is 6.72. The second-order valence-corrected chi connectivity index (χ2v) is 3.67. The molecule has 0 radical (unpaired) electrons. The number of likely N-dealkylation sites (N-methyl/N-ethyl adjacent to an activating group) is 1. The monoisotopic (exact) mass is 137 g/mol. The number of allylic oxidation sites excluding steroid dienone is 1. The van der Waals surface area contributed by atoms with Crippen LogP contribution in [-0.2, 0) is 0 Å². The lowest BCUT2D eigenvalue weighted by Crippen LogP contribution is -2.31. The standard InChI is InChI=1S/C9H15N/c1-6-3-7-4-8(7)5-9(6)10-2/h5-7,9-10H,3-4H2,1-2H3. The predicted octanol–water partition coefficient (Wildman–Crippen LogP) is 1.56. The Morgan fingerprint density at radius 3 is 3.10 bits per heavy atom. The number of hydrogen-bond donors (Lipinski definition) is 1. The molecule has 0 heterocycles. The third kappa shape index (κ3) is 0.891. The summed E-state index contributed by atoms with van der Waals surface area (Å²) in [5, 5.41) is 3.33. The van der Waals surface area contributed by atoms with E-state index in [1.165, 1.54) is 12.8 Å². The lowest BCUT2D eigenvalue weighted by Gasteiger charge is -2.22. The summed E-state index contributed by atoms with van der Waals surface area (Å²) >= 11 is 0. The predicted molar refractivity (Wildman–Crippen MR) is 42.8 cm³/mol. The molecule has 0 aromatic heterocycles. The SMILES string of the molecule is CNC1C=C2CC2CC1C. The number of rotatable bonds is 1. The van der Waals surface area contributed by atoms with E-state index in [1.807, 2.05) is 0 Å². The summed E-state index contributed by atoms with van der Waals surface area (Å²) < 4.78 is 0. The average Bonchev–Trinajstić information content (AvgIpc) is 2.64. The fourth-order valence-corrected chi connectivity index (χ4v) is 2.02. The van der Waals surface area contributed by atoms with Crippen molar-refractivity contribution in [3.8, 4) is 0 Å². The number of fused-ring (bicyclic) bond motifs is 1. The second-order valence-electron chi connectivity index (χ2n) is 3.67. The molecule has 1 N–H and O–H groups in total. The van der Waals surface area contributed by atoms with Crippen LogP contribution in [0.4, 0.5) is 0 Å². The van der Waals surface area contributed by atoms with Crippen LogP contribution in [0.15, 0.2) is 11.6 Å². The van der Waals surface area contributed by atoms with Crippen molar-refractivity contribution < 1.29 is 0 Å². The van der Waals surface area contributed by atoms with Crippen LogP contribution in [0.5, 0.6) is 0 Å². The number of nitrogens with one attached hydrogen (secondary N) is 1. The molecule has 0 saturated heterocycles. The third-order valence-electron chi connectivity index (χ3n) is 2.84. The van der Waals surface area contributed by atoms with Crippen molar-refractivity contribution in [3.63, 3.8) is 0 Å². The summed E-state index contributed by atoms with van der Waals surface area (Å²) in [6.45, 7) is 2.34. The largest absolute Gasteiger partial charge is 0.313 e. The smallest absolute Gasteiger partial charge is 0.0275 e. The molecule has 2 aliphatic rings. The first-order chi connectivity index (χ1) is 4.81. The van der Waals surface area contributed by atoms with Crippen LogP contribution < -0.4 is 5.32 Å². The highest BCUT2D eigenvalue weighted by molar-refractivity contribution is 5.28. The first-order valence-electron chi connectivity index (χ1n) is 4.19. The maximum absolute atomic E-state index is 3.33. The Morgan fingerprint density at radius 2 is 2.40 bits per heavy atom. The molecule has 0 amide bonds. The zero-order valence-corrected chi connectivity index (χ0v) is 6.72. The minimum Gasteiger partial charge on any atom is -0.313 e. The first-order valence-corrected chi connectivity index (χ1v) is 4.19. The normalized spacial score (nSPS) is 44.2. The molecular weight excluding hydrogens is 122 g/mol. The van der Waals surface area contributed by atoms with Crippen LogP contribution in [0.2, 0.25) is 0 Å². The number of hydrogen-bond acceptors (Lipinski definition) is 1. The summed E-state index contributed by atoms with van der Waals surface area (Å²) in [6, 6.07) is 0.661. The molecule has 10 heavy (non-hydrogen) atoms. The molecule has 2 aliphatic carbocycles. The molecule has 1 heteroatoms. The van der Waals surface area contributed by atoms with Gasteiger partial charge in [0.1, 0.15) is 0 Å². The zero-order chi connectivity index (χ0) is 7.14. The van der Waals surface area contributed by atoms with Gasteiger partial charge in [-0.25, -0.2) is 0 Å². The molecule has 0 aromatic carbocycles. The van der Waals surface area contributed by atoms with Gasteiger partial charge in [0, 0.05) is 6.04 Å². The van der Waals surface area contributed by atoms with Gasteiger partial charge >= 0.3 is 0 Å². The van der Waals surface area contributed by atoms with E-state index in [-0.39, 0.29) is 0 Å². The molecule has 0 spiro atoms. The second kappa shape index (κ2) is 2.09. The van der Waals surface area contributed by atoms with E-state index < -0.39 is 0 Å². The highest BCUT2D eigenvalue weighted by Crippen LogP contribution is 2.46. The van der Waals surface area contributed by atoms with E-state index in [1.54, 1.807) is 5.57 Å². The van der Waals surface area contributed by atoms with Crippen LogP contribution in [0, 0.1) is 11.8 Å². The van der Waals surface area contributed by atoms with Crippen molar-refractivity contribution in [1.82, 2.24) is 5.32 Å². The maximum Gasteiger partial charge on any atom is 0.0275 e. The van der Waals surface area contributed by atoms with E-state index >= 15 is 0 Å². The lowest BCUT2D eigenvalue weighted by molar-refractivity contribution is 0.403. The van der Waals surface area contributed by atoms with Crippen molar-refractivity contribution in [3.05, 3.63) is 11.6 Å². The van der Waals surface area contributed by atoms with Gasteiger partial charge in [0.25, 0.3) is 0 Å². The van der Waals surface area contributed by atoms with Gasteiger partial charge in [0.05, 0.1) is 0 Å². The molecule has 56 valence electrons. The van der Waals surface area contributed by atoms with Gasteiger partial charge in [0.2, 0.25) is 0 Å². The average molecular weight is 137 g/mol. The van der Waals surface area contributed by atoms with Crippen molar-refractivity contribution in [2.45, 2.75) is 25.8 Å². The van der Waals surface area contributed by atoms with Crippen molar-refractivity contribution in [2.24, 2.45) is 11.8 Å². The molecule has 3 atom stereocenters. The Morgan fingerprint density at radius 1 is 1.60 bits per heavy atom. The van der Waals surface area contributed by atoms with Crippen molar-refractivity contribution >= 4 is 0 Å². The molecule has 1 fully saturated rings. The molecule has 3 unspecified atom stereocenters. The summed E-state index contributed by atoms with van der Waals surface area (Å²) in [5.74, 6) is 1.83. The van der Waals surface area contributed by atoms with Gasteiger partial charge < -0.3 is 5.32 Å². The van der Waals surface area contributed by atoms with Crippen molar-refractivity contribution in [1.29, 1.82) is 0 Å². The van der Waals surface area contributed by atoms with Gasteiger partial charge in [-0.05, 0) is 31.7 Å². The summed E-state index contributed by atoms with van der Waals surface area (Å²) in [7, 11) is 2.06. The van der Waals surface area contributed by atoms with Crippen molar-refractivity contribution in [2.75, 3.05) is 7.05 Å². The third-order valence-corrected chi connectivity index (χ3v) is 2.84. The summed E-state index contributed by atoms with van der Waals surface area (Å²) in [5.41, 5.74) is 1.71. The highest BCUT2D eigenvalue weighted by Gasteiger charge is 2.37. The van der Waals surface area contributed by atoms with Crippen LogP contribution in [0.1, 0.15) is 19.8 Å². The molecule has 0 aromatic rings. The fourth-order valence-electron chi connectivity index (χ4n) is 2.02. The summed E-state index contributed by atoms with van der Waals surface area (Å²) in [4.78, 5) is 0. The van der Waals surface area contributed by atoms with E-state index in [2.05, 4.69) is 25.4 Å². The Kier molecular flexibility index (Phi) is 1.34. The minimum absolute atomic E-state index is 0.661. The van der Waals surface area contributed by atoms with Crippen LogP contribution in [0.25, 0.3) is 0 Å². The van der Waals surface area contributed by atoms with E-state index in [4.69, 9.17) is 0 Å². The molecular formula is C9H15N. The molecule has 2 rings (SSSR count). The quantitative estimate of drug-likeness (QED) is 0.541. The summed E-state index contributed by atoms with van der Waals surface area (Å²) in [6.07, 6.45) is 5.23. The van der Waals surface area contributed by atoms with Gasteiger partial charge in [0.15, 0.2) is 0 Å². The molecule has 1 nitrogen and oxygen atoms in total. The highest BCUT2D eigenvalue weighted by atomic mass is 14.9. The Hall–Kier alpha value is -0.300. The topological polar surface area (TPSA) is 12.0 Å². The van der Waals surface area contributed by atoms with E-state index in [0.29, 0.717) is 6.04 Å². The molecule has 0 aliphatic heterocycles. The first kappa shape index (κ1) is 6.41. The van der Waals surface area contributed by atoms with Crippen LogP contribution in [-0.4, -0.2) is 13.1 Å². The maximum atomic E-state index is 3.33. The van der Waals surface area contributed by atoms with Gasteiger partial charge in [-0.15, -0.1) is 0 Å². The molecule has 1 saturated carbocycles.